The minimum atomic E-state index is -0.318. The van der Waals surface area contributed by atoms with Crippen LogP contribution in [0.2, 0.25) is 0 Å². The number of benzene rings is 1. The van der Waals surface area contributed by atoms with E-state index in [0.717, 1.165) is 19.6 Å². The molecule has 2 rings (SSSR count). The quantitative estimate of drug-likeness (QED) is 0.815. The van der Waals surface area contributed by atoms with Gasteiger partial charge in [0.1, 0.15) is 6.54 Å². The molecule has 1 heterocycles. The Hall–Kier alpha value is -2.08. The van der Waals surface area contributed by atoms with Gasteiger partial charge in [-0.15, -0.1) is 0 Å². The minimum absolute atomic E-state index is 0.219. The van der Waals surface area contributed by atoms with Gasteiger partial charge in [0.25, 0.3) is 0 Å². The van der Waals surface area contributed by atoms with E-state index in [9.17, 15) is 9.59 Å². The topological polar surface area (TPSA) is 60.3 Å². The van der Waals surface area contributed by atoms with Gasteiger partial charge in [-0.2, -0.15) is 0 Å². The summed E-state index contributed by atoms with van der Waals surface area (Å²) in [7, 11) is 1.38. The molecule has 0 aliphatic carbocycles. The first-order chi connectivity index (χ1) is 10.6. The predicted octanol–water partition coefficient (Wildman–Crippen LogP) is 0.330. The first-order valence-corrected chi connectivity index (χ1v) is 7.56. The van der Waals surface area contributed by atoms with Gasteiger partial charge in [-0.05, 0) is 19.1 Å². The van der Waals surface area contributed by atoms with Crippen LogP contribution in [0.1, 0.15) is 22.8 Å². The van der Waals surface area contributed by atoms with E-state index in [1.807, 2.05) is 19.1 Å². The van der Waals surface area contributed by atoms with Gasteiger partial charge in [0.15, 0.2) is 0 Å². The Balaban J connectivity index is 1.83. The Morgan fingerprint density at radius 2 is 1.82 bits per heavy atom. The molecule has 1 saturated heterocycles. The second kappa shape index (κ2) is 7.79. The maximum Gasteiger partial charge on any atom is 0.410 e. The van der Waals surface area contributed by atoms with Gasteiger partial charge >= 0.3 is 12.1 Å². The Bertz CT molecular complexity index is 507. The van der Waals surface area contributed by atoms with Crippen molar-refractivity contribution in [2.45, 2.75) is 13.5 Å². The number of methoxy groups -OCH3 is 1. The zero-order valence-electron chi connectivity index (χ0n) is 13.1. The van der Waals surface area contributed by atoms with Gasteiger partial charge in [0.2, 0.25) is 0 Å². The molecular weight excluding hydrogens is 284 g/mol. The highest BCUT2D eigenvalue weighted by Gasteiger charge is 2.24. The van der Waals surface area contributed by atoms with E-state index < -0.39 is 0 Å². The van der Waals surface area contributed by atoms with Crippen molar-refractivity contribution in [1.82, 2.24) is 4.90 Å². The molecule has 0 saturated carbocycles. The maximum absolute atomic E-state index is 11.6. The molecule has 0 aromatic heterocycles. The summed E-state index contributed by atoms with van der Waals surface area (Å²) in [5.41, 5.74) is 1.74. The first kappa shape index (κ1) is 16.3. The highest BCUT2D eigenvalue weighted by Crippen LogP contribution is 2.05. The van der Waals surface area contributed by atoms with Crippen molar-refractivity contribution in [3.05, 3.63) is 35.4 Å². The van der Waals surface area contributed by atoms with E-state index >= 15 is 0 Å². The Labute approximate surface area is 130 Å². The van der Waals surface area contributed by atoms with Gasteiger partial charge < -0.3 is 14.4 Å². The van der Waals surface area contributed by atoms with Crippen LogP contribution in [0.4, 0.5) is 4.79 Å². The lowest BCUT2D eigenvalue weighted by Gasteiger charge is -2.31. The third-order valence-electron chi connectivity index (χ3n) is 3.83. The summed E-state index contributed by atoms with van der Waals surface area (Å²) in [5.74, 6) is -0.318. The molecule has 1 N–H and O–H groups in total. The molecule has 0 spiro atoms. The highest BCUT2D eigenvalue weighted by atomic mass is 16.6. The number of ether oxygens (including phenoxy) is 2. The first-order valence-electron chi connectivity index (χ1n) is 7.56. The van der Waals surface area contributed by atoms with Gasteiger partial charge in [-0.25, -0.2) is 9.59 Å². The third-order valence-corrected chi connectivity index (χ3v) is 3.83. The molecule has 1 fully saturated rings. The number of amides is 1. The molecule has 22 heavy (non-hydrogen) atoms. The summed E-state index contributed by atoms with van der Waals surface area (Å²) in [4.78, 5) is 26.2. The van der Waals surface area contributed by atoms with Crippen molar-refractivity contribution in [1.29, 1.82) is 0 Å². The number of esters is 1. The molecule has 0 atom stereocenters. The van der Waals surface area contributed by atoms with Crippen LogP contribution in [0.5, 0.6) is 0 Å². The lowest BCUT2D eigenvalue weighted by molar-refractivity contribution is -0.917. The number of rotatable bonds is 4. The van der Waals surface area contributed by atoms with E-state index in [2.05, 4.69) is 4.74 Å². The van der Waals surface area contributed by atoms with Crippen molar-refractivity contribution in [2.24, 2.45) is 0 Å². The summed E-state index contributed by atoms with van der Waals surface area (Å²) in [6.07, 6.45) is -0.219. The number of quaternary nitrogens is 1. The van der Waals surface area contributed by atoms with E-state index in [4.69, 9.17) is 4.74 Å². The van der Waals surface area contributed by atoms with E-state index in [1.54, 1.807) is 17.0 Å². The summed E-state index contributed by atoms with van der Waals surface area (Å²) in [6.45, 7) is 6.35. The van der Waals surface area contributed by atoms with Crippen molar-refractivity contribution in [3.63, 3.8) is 0 Å². The largest absolute Gasteiger partial charge is 0.465 e. The highest BCUT2D eigenvalue weighted by molar-refractivity contribution is 5.89. The molecule has 1 amide bonds. The van der Waals surface area contributed by atoms with Crippen LogP contribution in [-0.2, 0) is 16.0 Å². The number of nitrogens with one attached hydrogen (secondary N) is 1. The van der Waals surface area contributed by atoms with Crippen LogP contribution < -0.4 is 4.90 Å². The normalized spacial score (nSPS) is 15.5. The second-order valence-electron chi connectivity index (χ2n) is 5.30. The van der Waals surface area contributed by atoms with Crippen molar-refractivity contribution in [3.8, 4) is 0 Å². The molecule has 0 bridgehead atoms. The van der Waals surface area contributed by atoms with Crippen molar-refractivity contribution >= 4 is 12.1 Å². The molecule has 6 heteroatoms. The summed E-state index contributed by atoms with van der Waals surface area (Å²) < 4.78 is 9.70. The summed E-state index contributed by atoms with van der Waals surface area (Å²) >= 11 is 0. The molecule has 0 radical (unpaired) electrons. The standard InChI is InChI=1S/C16H22N2O4/c1-3-22-16(20)18-10-8-17(9-11-18)12-13-4-6-14(7-5-13)15(19)21-2/h4-7H,3,8-12H2,1-2H3/p+1. The molecule has 6 nitrogen and oxygen atoms in total. The van der Waals surface area contributed by atoms with Crippen LogP contribution in [-0.4, -0.2) is 56.9 Å². The number of hydrogen-bond acceptors (Lipinski definition) is 4. The fourth-order valence-corrected chi connectivity index (χ4v) is 2.56. The monoisotopic (exact) mass is 307 g/mol. The fourth-order valence-electron chi connectivity index (χ4n) is 2.56. The van der Waals surface area contributed by atoms with Crippen molar-refractivity contribution < 1.29 is 24.0 Å². The average molecular weight is 307 g/mol. The third kappa shape index (κ3) is 4.21. The number of carbonyl (C=O) groups is 2. The second-order valence-corrected chi connectivity index (χ2v) is 5.30. The Morgan fingerprint density at radius 3 is 2.36 bits per heavy atom. The van der Waals surface area contributed by atoms with Gasteiger partial charge in [0, 0.05) is 5.56 Å². The molecule has 1 aromatic carbocycles. The van der Waals surface area contributed by atoms with E-state index in [-0.39, 0.29) is 12.1 Å². The molecule has 0 unspecified atom stereocenters. The van der Waals surface area contributed by atoms with Gasteiger partial charge in [-0.3, -0.25) is 4.90 Å². The number of nitrogens with zero attached hydrogens (tertiary/aromatic N) is 1. The summed E-state index contributed by atoms with van der Waals surface area (Å²) in [6, 6.07) is 7.49. The maximum atomic E-state index is 11.6. The van der Waals surface area contributed by atoms with E-state index in [1.165, 1.54) is 17.6 Å². The molecule has 120 valence electrons. The smallest absolute Gasteiger partial charge is 0.410 e. The van der Waals surface area contributed by atoms with Gasteiger partial charge in [-0.1, -0.05) is 12.1 Å². The average Bonchev–Trinajstić information content (AvgIpc) is 2.55. The van der Waals surface area contributed by atoms with Crippen LogP contribution in [0.25, 0.3) is 0 Å². The summed E-state index contributed by atoms with van der Waals surface area (Å²) in [5, 5.41) is 0. The zero-order chi connectivity index (χ0) is 15.9. The van der Waals surface area contributed by atoms with E-state index in [0.29, 0.717) is 25.3 Å². The minimum Gasteiger partial charge on any atom is -0.465 e. The van der Waals surface area contributed by atoms with Crippen LogP contribution in [0.3, 0.4) is 0 Å². The Kier molecular flexibility index (Phi) is 5.77. The Morgan fingerprint density at radius 1 is 1.18 bits per heavy atom. The predicted molar refractivity (Wildman–Crippen MR) is 80.8 cm³/mol. The SMILES string of the molecule is CCOC(=O)N1CC[NH+](Cc2ccc(C(=O)OC)cc2)CC1. The molecule has 1 aromatic rings. The lowest BCUT2D eigenvalue weighted by atomic mass is 10.1. The van der Waals surface area contributed by atoms with Crippen LogP contribution in [0, 0.1) is 0 Å². The molecule has 1 aliphatic heterocycles. The zero-order valence-corrected chi connectivity index (χ0v) is 13.1. The fraction of sp³-hybridized carbons (Fsp3) is 0.500. The lowest BCUT2D eigenvalue weighted by Crippen LogP contribution is -3.13. The molecular formula is C16H23N2O4+. The van der Waals surface area contributed by atoms with Crippen molar-refractivity contribution in [2.75, 3.05) is 39.9 Å². The molecule has 1 aliphatic rings. The number of piperazine rings is 1. The van der Waals surface area contributed by atoms with Crippen LogP contribution >= 0.6 is 0 Å². The number of hydrogen-bond donors (Lipinski definition) is 1. The number of carbonyl (C=O) groups excluding carboxylic acids is 2. The van der Waals surface area contributed by atoms with Crippen LogP contribution in [0.15, 0.2) is 24.3 Å². The van der Waals surface area contributed by atoms with Gasteiger partial charge in [0.05, 0.1) is 45.5 Å².